The lowest BCUT2D eigenvalue weighted by molar-refractivity contribution is 0.632. The molecule has 6 N–H and O–H groups in total. The highest BCUT2D eigenvalue weighted by Crippen LogP contribution is 2.33. The first-order valence-electron chi connectivity index (χ1n) is 10.2. The maximum Gasteiger partial charge on any atom is 0.267 e. The second kappa shape index (κ2) is 9.29. The van der Waals surface area contributed by atoms with Crippen molar-refractivity contribution in [3.05, 3.63) is 69.2 Å². The standard InChI is InChI=1S/C18H13FN4O.C4H6ClN5/c19-14-6-5-12(9-20)16-17(14)22-15(8-11-3-4-11)23(18(16)24)13-2-1-7-21-10-13;5-1-2(6)9-4(8)10-3(1)7/h1-2,5-7,10-11H,3-4,8H2;(H6,6,7,8,9,10). The Morgan fingerprint density at radius 3 is 2.44 bits per heavy atom. The van der Waals surface area contributed by atoms with Crippen molar-refractivity contribution in [2.24, 2.45) is 5.92 Å². The van der Waals surface area contributed by atoms with Gasteiger partial charge in [0, 0.05) is 12.6 Å². The topological polar surface area (TPSA) is 175 Å². The highest BCUT2D eigenvalue weighted by molar-refractivity contribution is 6.35. The van der Waals surface area contributed by atoms with E-state index in [1.807, 2.05) is 6.07 Å². The molecule has 0 atom stereocenters. The number of nitrogens with zero attached hydrogens (tertiary/aromatic N) is 6. The fraction of sp³-hybridized carbons (Fsp3) is 0.182. The van der Waals surface area contributed by atoms with Crippen LogP contribution in [0.4, 0.5) is 22.0 Å². The molecular formula is C22H19ClFN9O. The lowest BCUT2D eigenvalue weighted by Crippen LogP contribution is -2.25. The van der Waals surface area contributed by atoms with Gasteiger partial charge in [0.1, 0.15) is 39.9 Å². The van der Waals surface area contributed by atoms with Crippen LogP contribution in [0.2, 0.25) is 5.02 Å². The Kier molecular flexibility index (Phi) is 6.25. The molecule has 1 fully saturated rings. The van der Waals surface area contributed by atoms with Gasteiger partial charge in [-0.3, -0.25) is 14.3 Å². The molecule has 34 heavy (non-hydrogen) atoms. The molecule has 0 aliphatic heterocycles. The van der Waals surface area contributed by atoms with Gasteiger partial charge in [0.25, 0.3) is 5.56 Å². The maximum atomic E-state index is 14.2. The van der Waals surface area contributed by atoms with Crippen LogP contribution in [-0.4, -0.2) is 24.5 Å². The molecule has 3 heterocycles. The van der Waals surface area contributed by atoms with Crippen LogP contribution in [0.1, 0.15) is 24.2 Å². The number of rotatable bonds is 3. The zero-order valence-corrected chi connectivity index (χ0v) is 18.5. The molecule has 1 aromatic carbocycles. The largest absolute Gasteiger partial charge is 0.382 e. The monoisotopic (exact) mass is 479 g/mol. The summed E-state index contributed by atoms with van der Waals surface area (Å²) in [6.07, 6.45) is 5.96. The summed E-state index contributed by atoms with van der Waals surface area (Å²) in [5, 5.41) is 9.44. The smallest absolute Gasteiger partial charge is 0.267 e. The van der Waals surface area contributed by atoms with E-state index in [0.717, 1.165) is 12.8 Å². The number of anilines is 3. The number of hydrogen-bond donors (Lipinski definition) is 3. The molecule has 0 amide bonds. The molecule has 172 valence electrons. The number of aromatic nitrogens is 5. The Morgan fingerprint density at radius 2 is 1.85 bits per heavy atom. The highest BCUT2D eigenvalue weighted by atomic mass is 35.5. The second-order valence-corrected chi connectivity index (χ2v) is 8.00. The van der Waals surface area contributed by atoms with Crippen LogP contribution in [0.25, 0.3) is 16.6 Å². The van der Waals surface area contributed by atoms with Crippen LogP contribution in [0, 0.1) is 23.1 Å². The van der Waals surface area contributed by atoms with Gasteiger partial charge in [-0.2, -0.15) is 15.2 Å². The SMILES string of the molecule is N#Cc1ccc(F)c2nc(CC3CC3)n(-c3cccnc3)c(=O)c12.Nc1nc(N)c(Cl)c(N)n1. The second-order valence-electron chi connectivity index (χ2n) is 7.62. The lowest BCUT2D eigenvalue weighted by atomic mass is 10.1. The summed E-state index contributed by atoms with van der Waals surface area (Å²) in [6.45, 7) is 0. The average Bonchev–Trinajstić information content (AvgIpc) is 3.63. The number of hydrogen-bond acceptors (Lipinski definition) is 9. The fourth-order valence-corrected chi connectivity index (χ4v) is 3.45. The van der Waals surface area contributed by atoms with Crippen molar-refractivity contribution in [1.29, 1.82) is 5.26 Å². The molecule has 0 unspecified atom stereocenters. The van der Waals surface area contributed by atoms with Gasteiger partial charge < -0.3 is 17.2 Å². The first-order valence-corrected chi connectivity index (χ1v) is 10.6. The molecule has 1 aliphatic rings. The quantitative estimate of drug-likeness (QED) is 0.398. The lowest BCUT2D eigenvalue weighted by Gasteiger charge is -2.14. The first kappa shape index (κ1) is 22.9. The van der Waals surface area contributed by atoms with E-state index in [0.29, 0.717) is 23.9 Å². The first-order chi connectivity index (χ1) is 16.3. The fourth-order valence-electron chi connectivity index (χ4n) is 3.36. The number of fused-ring (bicyclic) bond motifs is 1. The van der Waals surface area contributed by atoms with Crippen molar-refractivity contribution < 1.29 is 4.39 Å². The van der Waals surface area contributed by atoms with Gasteiger partial charge in [0.05, 0.1) is 22.8 Å². The van der Waals surface area contributed by atoms with Crippen molar-refractivity contribution in [2.45, 2.75) is 19.3 Å². The molecule has 4 aromatic rings. The average molecular weight is 480 g/mol. The number of benzene rings is 1. The van der Waals surface area contributed by atoms with E-state index < -0.39 is 11.4 Å². The zero-order chi connectivity index (χ0) is 24.4. The van der Waals surface area contributed by atoms with Crippen molar-refractivity contribution in [3.63, 3.8) is 0 Å². The van der Waals surface area contributed by atoms with Crippen molar-refractivity contribution in [2.75, 3.05) is 17.2 Å². The molecule has 0 saturated heterocycles. The normalized spacial score (nSPS) is 12.6. The van der Waals surface area contributed by atoms with E-state index in [4.69, 9.17) is 28.8 Å². The van der Waals surface area contributed by atoms with Gasteiger partial charge in [-0.1, -0.05) is 11.6 Å². The van der Waals surface area contributed by atoms with Crippen LogP contribution < -0.4 is 22.8 Å². The molecule has 1 aliphatic carbocycles. The van der Waals surface area contributed by atoms with E-state index in [2.05, 4.69) is 19.9 Å². The van der Waals surface area contributed by atoms with E-state index in [9.17, 15) is 14.4 Å². The summed E-state index contributed by atoms with van der Waals surface area (Å²) < 4.78 is 15.7. The Bertz CT molecular complexity index is 1460. The number of nitrogens with two attached hydrogens (primary N) is 3. The van der Waals surface area contributed by atoms with Gasteiger partial charge in [-0.25, -0.2) is 9.37 Å². The summed E-state index contributed by atoms with van der Waals surface area (Å²) in [5.74, 6) is 0.630. The van der Waals surface area contributed by atoms with Gasteiger partial charge in [0.15, 0.2) is 0 Å². The van der Waals surface area contributed by atoms with E-state index >= 15 is 0 Å². The predicted octanol–water partition coefficient (Wildman–Crippen LogP) is 2.62. The minimum absolute atomic E-state index is 0.0147. The Hall–Kier alpha value is -4.30. The third-order valence-electron chi connectivity index (χ3n) is 5.16. The molecule has 12 heteroatoms. The van der Waals surface area contributed by atoms with Crippen LogP contribution in [-0.2, 0) is 6.42 Å². The van der Waals surface area contributed by atoms with Crippen molar-refractivity contribution >= 4 is 40.1 Å². The maximum absolute atomic E-state index is 14.2. The number of pyridine rings is 1. The number of halogens is 2. The van der Waals surface area contributed by atoms with Gasteiger partial charge in [-0.05, 0) is 43.0 Å². The van der Waals surface area contributed by atoms with E-state index in [1.165, 1.54) is 16.7 Å². The molecule has 10 nitrogen and oxygen atoms in total. The molecule has 0 radical (unpaired) electrons. The summed E-state index contributed by atoms with van der Waals surface area (Å²) >= 11 is 5.52. The molecular weight excluding hydrogens is 461 g/mol. The van der Waals surface area contributed by atoms with Crippen LogP contribution >= 0.6 is 11.6 Å². The van der Waals surface area contributed by atoms with E-state index in [1.54, 1.807) is 24.5 Å². The summed E-state index contributed by atoms with van der Waals surface area (Å²) in [6, 6.07) is 7.93. The zero-order valence-electron chi connectivity index (χ0n) is 17.7. The third kappa shape index (κ3) is 4.57. The Morgan fingerprint density at radius 1 is 1.15 bits per heavy atom. The highest BCUT2D eigenvalue weighted by Gasteiger charge is 2.26. The molecule has 3 aromatic heterocycles. The van der Waals surface area contributed by atoms with Crippen LogP contribution in [0.15, 0.2) is 41.5 Å². The minimum Gasteiger partial charge on any atom is -0.382 e. The van der Waals surface area contributed by atoms with Gasteiger partial charge >= 0.3 is 0 Å². The third-order valence-corrected chi connectivity index (χ3v) is 5.54. The minimum atomic E-state index is -0.587. The van der Waals surface area contributed by atoms with Crippen LogP contribution in [0.5, 0.6) is 0 Å². The predicted molar refractivity (Wildman–Crippen MR) is 127 cm³/mol. The number of nitriles is 1. The van der Waals surface area contributed by atoms with Gasteiger partial charge in [-0.15, -0.1) is 0 Å². The Balaban J connectivity index is 0.000000231. The molecule has 0 spiro atoms. The Labute approximate surface area is 197 Å². The molecule has 5 rings (SSSR count). The van der Waals surface area contributed by atoms with E-state index in [-0.39, 0.29) is 39.1 Å². The van der Waals surface area contributed by atoms with Gasteiger partial charge in [0.2, 0.25) is 5.95 Å². The van der Waals surface area contributed by atoms with Crippen LogP contribution in [0.3, 0.4) is 0 Å². The summed E-state index contributed by atoms with van der Waals surface area (Å²) in [4.78, 5) is 28.7. The van der Waals surface area contributed by atoms with Crippen molar-refractivity contribution in [1.82, 2.24) is 24.5 Å². The summed E-state index contributed by atoms with van der Waals surface area (Å²) in [5.41, 5.74) is 16.0. The number of nitrogen functional groups attached to an aromatic ring is 3. The van der Waals surface area contributed by atoms with Crippen molar-refractivity contribution in [3.8, 4) is 11.8 Å². The molecule has 1 saturated carbocycles. The summed E-state index contributed by atoms with van der Waals surface area (Å²) in [7, 11) is 0. The molecule has 0 bridgehead atoms.